The number of nitrogens with one attached hydrogen (secondary N) is 1. The Bertz CT molecular complexity index is 538. The molecule has 1 unspecified atom stereocenters. The van der Waals surface area contributed by atoms with Gasteiger partial charge in [-0.1, -0.05) is 23.7 Å². The van der Waals surface area contributed by atoms with E-state index in [4.69, 9.17) is 17.4 Å². The summed E-state index contributed by atoms with van der Waals surface area (Å²) in [6, 6.07) is 8.10. The molecule has 0 spiro atoms. The van der Waals surface area contributed by atoms with Crippen molar-refractivity contribution in [3.8, 4) is 0 Å². The minimum atomic E-state index is -0.161. The quantitative estimate of drug-likeness (QED) is 0.506. The van der Waals surface area contributed by atoms with E-state index in [0.29, 0.717) is 5.02 Å². The molecule has 1 heterocycles. The molecule has 2 rings (SSSR count). The van der Waals surface area contributed by atoms with Crippen LogP contribution in [-0.2, 0) is 6.54 Å². The Morgan fingerprint density at radius 2 is 2.11 bits per heavy atom. The number of hydrogen-bond donors (Lipinski definition) is 2. The van der Waals surface area contributed by atoms with Crippen molar-refractivity contribution in [2.45, 2.75) is 24.4 Å². The van der Waals surface area contributed by atoms with Crippen LogP contribution in [0.5, 0.6) is 0 Å². The van der Waals surface area contributed by atoms with E-state index in [9.17, 15) is 0 Å². The van der Waals surface area contributed by atoms with Gasteiger partial charge in [-0.3, -0.25) is 10.5 Å². The summed E-state index contributed by atoms with van der Waals surface area (Å²) in [6.07, 6.45) is 3.71. The van der Waals surface area contributed by atoms with Crippen LogP contribution in [0.4, 0.5) is 0 Å². The SMILES string of the molecule is CCn1ncc(Cl)c1C(NN)c1ccc(SC)cc1. The molecule has 1 aromatic heterocycles. The predicted molar refractivity (Wildman–Crippen MR) is 80.3 cm³/mol. The number of aryl methyl sites for hydroxylation is 1. The largest absolute Gasteiger partial charge is 0.271 e. The van der Waals surface area contributed by atoms with Crippen LogP contribution in [0.1, 0.15) is 24.2 Å². The Balaban J connectivity index is 2.40. The minimum Gasteiger partial charge on any atom is -0.271 e. The van der Waals surface area contributed by atoms with Crippen molar-refractivity contribution in [2.75, 3.05) is 6.26 Å². The molecule has 102 valence electrons. The monoisotopic (exact) mass is 296 g/mol. The highest BCUT2D eigenvalue weighted by molar-refractivity contribution is 7.98. The van der Waals surface area contributed by atoms with Gasteiger partial charge in [-0.15, -0.1) is 11.8 Å². The Hall–Kier alpha value is -1.01. The number of nitrogens with zero attached hydrogens (tertiary/aromatic N) is 2. The molecule has 3 N–H and O–H groups in total. The van der Waals surface area contributed by atoms with E-state index in [0.717, 1.165) is 17.8 Å². The summed E-state index contributed by atoms with van der Waals surface area (Å²) in [5.41, 5.74) is 4.78. The molecule has 1 atom stereocenters. The van der Waals surface area contributed by atoms with Crippen molar-refractivity contribution in [1.29, 1.82) is 0 Å². The van der Waals surface area contributed by atoms with Gasteiger partial charge in [-0.25, -0.2) is 5.43 Å². The number of rotatable bonds is 5. The van der Waals surface area contributed by atoms with Crippen LogP contribution in [-0.4, -0.2) is 16.0 Å². The fourth-order valence-corrected chi connectivity index (χ4v) is 2.70. The summed E-state index contributed by atoms with van der Waals surface area (Å²) in [4.78, 5) is 1.22. The second kappa shape index (κ2) is 6.43. The van der Waals surface area contributed by atoms with Gasteiger partial charge in [0.1, 0.15) is 0 Å². The molecule has 4 nitrogen and oxygen atoms in total. The first-order chi connectivity index (χ1) is 9.21. The zero-order valence-corrected chi connectivity index (χ0v) is 12.5. The molecule has 0 radical (unpaired) electrons. The Morgan fingerprint density at radius 3 is 2.63 bits per heavy atom. The third-order valence-electron chi connectivity index (χ3n) is 3.02. The normalized spacial score (nSPS) is 12.6. The van der Waals surface area contributed by atoms with Gasteiger partial charge in [-0.05, 0) is 30.9 Å². The minimum absolute atomic E-state index is 0.161. The van der Waals surface area contributed by atoms with Crippen LogP contribution >= 0.6 is 23.4 Å². The van der Waals surface area contributed by atoms with Crippen LogP contribution in [0.15, 0.2) is 35.4 Å². The highest BCUT2D eigenvalue weighted by Gasteiger charge is 2.20. The van der Waals surface area contributed by atoms with Gasteiger partial charge in [0.05, 0.1) is 23.0 Å². The first-order valence-electron chi connectivity index (χ1n) is 6.02. The van der Waals surface area contributed by atoms with Crippen molar-refractivity contribution >= 4 is 23.4 Å². The summed E-state index contributed by atoms with van der Waals surface area (Å²) < 4.78 is 1.86. The number of benzene rings is 1. The van der Waals surface area contributed by atoms with Gasteiger partial charge in [0, 0.05) is 11.4 Å². The van der Waals surface area contributed by atoms with Gasteiger partial charge in [0.2, 0.25) is 0 Å². The Kier molecular flexibility index (Phi) is 4.87. The smallest absolute Gasteiger partial charge is 0.0893 e. The van der Waals surface area contributed by atoms with Crippen LogP contribution in [0, 0.1) is 0 Å². The molecular weight excluding hydrogens is 280 g/mol. The van der Waals surface area contributed by atoms with E-state index in [-0.39, 0.29) is 6.04 Å². The molecule has 0 fully saturated rings. The molecule has 0 saturated heterocycles. The van der Waals surface area contributed by atoms with Crippen LogP contribution in [0.2, 0.25) is 5.02 Å². The number of aromatic nitrogens is 2. The van der Waals surface area contributed by atoms with Gasteiger partial charge in [0.15, 0.2) is 0 Å². The fraction of sp³-hybridized carbons (Fsp3) is 0.308. The zero-order chi connectivity index (χ0) is 13.8. The highest BCUT2D eigenvalue weighted by atomic mass is 35.5. The van der Waals surface area contributed by atoms with Crippen molar-refractivity contribution in [3.63, 3.8) is 0 Å². The van der Waals surface area contributed by atoms with E-state index in [2.05, 4.69) is 41.0 Å². The van der Waals surface area contributed by atoms with E-state index in [1.54, 1.807) is 18.0 Å². The number of hydrogen-bond acceptors (Lipinski definition) is 4. The summed E-state index contributed by atoms with van der Waals surface area (Å²) in [6.45, 7) is 2.78. The lowest BCUT2D eigenvalue weighted by molar-refractivity contribution is 0.543. The van der Waals surface area contributed by atoms with Gasteiger partial charge >= 0.3 is 0 Å². The summed E-state index contributed by atoms with van der Waals surface area (Å²) >= 11 is 7.93. The Morgan fingerprint density at radius 1 is 1.42 bits per heavy atom. The maximum Gasteiger partial charge on any atom is 0.0893 e. The van der Waals surface area contributed by atoms with Crippen molar-refractivity contribution in [2.24, 2.45) is 5.84 Å². The van der Waals surface area contributed by atoms with Crippen LogP contribution in [0.25, 0.3) is 0 Å². The van der Waals surface area contributed by atoms with Crippen LogP contribution < -0.4 is 11.3 Å². The topological polar surface area (TPSA) is 55.9 Å². The Labute approximate surface area is 122 Å². The molecule has 0 saturated carbocycles. The molecule has 19 heavy (non-hydrogen) atoms. The standard InChI is InChI=1S/C13H17ClN4S/c1-3-18-13(11(14)8-16-18)12(17-15)9-4-6-10(19-2)7-5-9/h4-8,12,17H,3,15H2,1-2H3. The van der Waals surface area contributed by atoms with Gasteiger partial charge < -0.3 is 0 Å². The third kappa shape index (κ3) is 2.95. The van der Waals surface area contributed by atoms with Gasteiger partial charge in [-0.2, -0.15) is 5.10 Å². The lowest BCUT2D eigenvalue weighted by Gasteiger charge is -2.18. The molecular formula is C13H17ClN4S. The molecule has 0 aliphatic rings. The second-order valence-electron chi connectivity index (χ2n) is 4.07. The first-order valence-corrected chi connectivity index (χ1v) is 7.62. The molecule has 1 aromatic carbocycles. The van der Waals surface area contributed by atoms with Crippen molar-refractivity contribution < 1.29 is 0 Å². The first kappa shape index (κ1) is 14.4. The molecule has 2 aromatic rings. The lowest BCUT2D eigenvalue weighted by atomic mass is 10.0. The molecule has 6 heteroatoms. The van der Waals surface area contributed by atoms with E-state index in [1.165, 1.54) is 4.90 Å². The van der Waals surface area contributed by atoms with E-state index in [1.807, 2.05) is 11.6 Å². The summed E-state index contributed by atoms with van der Waals surface area (Å²) in [7, 11) is 0. The van der Waals surface area contributed by atoms with Crippen LogP contribution in [0.3, 0.4) is 0 Å². The number of halogens is 1. The predicted octanol–water partition coefficient (Wildman–Crippen LogP) is 2.83. The average molecular weight is 297 g/mol. The number of hydrazine groups is 1. The maximum absolute atomic E-state index is 6.22. The average Bonchev–Trinajstić information content (AvgIpc) is 2.82. The van der Waals surface area contributed by atoms with Crippen molar-refractivity contribution in [1.82, 2.24) is 15.2 Å². The molecule has 0 amide bonds. The second-order valence-corrected chi connectivity index (χ2v) is 5.35. The van der Waals surface area contributed by atoms with Gasteiger partial charge in [0.25, 0.3) is 0 Å². The highest BCUT2D eigenvalue weighted by Crippen LogP contribution is 2.28. The number of thioether (sulfide) groups is 1. The fourth-order valence-electron chi connectivity index (χ4n) is 2.04. The molecule has 0 bridgehead atoms. The summed E-state index contributed by atoms with van der Waals surface area (Å²) in [5.74, 6) is 5.70. The van der Waals surface area contributed by atoms with E-state index < -0.39 is 0 Å². The zero-order valence-electron chi connectivity index (χ0n) is 10.9. The maximum atomic E-state index is 6.22. The van der Waals surface area contributed by atoms with E-state index >= 15 is 0 Å². The lowest BCUT2D eigenvalue weighted by Crippen LogP contribution is -2.30. The summed E-state index contributed by atoms with van der Waals surface area (Å²) in [5, 5.41) is 4.87. The molecule has 0 aliphatic carbocycles. The molecule has 0 aliphatic heterocycles. The third-order valence-corrected chi connectivity index (χ3v) is 4.06. The van der Waals surface area contributed by atoms with Crippen molar-refractivity contribution in [3.05, 3.63) is 46.7 Å². The number of nitrogens with two attached hydrogens (primary N) is 1.